The summed E-state index contributed by atoms with van der Waals surface area (Å²) in [5, 5.41) is 35.4. The lowest BCUT2D eigenvalue weighted by Gasteiger charge is -2.06. The van der Waals surface area contributed by atoms with Crippen molar-refractivity contribution in [3.63, 3.8) is 0 Å². The number of nitrogens with zero attached hydrogens (tertiary/aromatic N) is 2. The number of hydrogen-bond acceptors (Lipinski definition) is 7. The molecule has 3 aromatic carbocycles. The average molecular weight is 381 g/mol. The SMILES string of the molecule is O=C(COc1ccc2ccccc2c1)N/N=C/c1cc(O)c(O)cc1[N+](=O)[O-]. The first kappa shape index (κ1) is 18.6. The number of aromatic hydroxyl groups is 2. The molecule has 0 fully saturated rings. The highest BCUT2D eigenvalue weighted by Gasteiger charge is 2.16. The quantitative estimate of drug-likeness (QED) is 0.260. The molecule has 0 aliphatic rings. The van der Waals surface area contributed by atoms with Gasteiger partial charge in [0, 0.05) is 0 Å². The maximum atomic E-state index is 11.8. The molecule has 142 valence electrons. The Morgan fingerprint density at radius 1 is 1.11 bits per heavy atom. The van der Waals surface area contributed by atoms with E-state index in [-0.39, 0.29) is 12.2 Å². The van der Waals surface area contributed by atoms with Gasteiger partial charge < -0.3 is 14.9 Å². The second kappa shape index (κ2) is 8.04. The molecule has 3 N–H and O–H groups in total. The van der Waals surface area contributed by atoms with Gasteiger partial charge in [0.25, 0.3) is 11.6 Å². The van der Waals surface area contributed by atoms with Gasteiger partial charge in [-0.1, -0.05) is 30.3 Å². The van der Waals surface area contributed by atoms with Crippen LogP contribution in [0, 0.1) is 10.1 Å². The summed E-state index contributed by atoms with van der Waals surface area (Å²) in [4.78, 5) is 22.1. The maximum Gasteiger partial charge on any atom is 0.282 e. The van der Waals surface area contributed by atoms with Crippen LogP contribution in [0.1, 0.15) is 5.56 Å². The second-order valence-electron chi connectivity index (χ2n) is 5.75. The van der Waals surface area contributed by atoms with Crippen LogP contribution in [0.4, 0.5) is 5.69 Å². The summed E-state index contributed by atoms with van der Waals surface area (Å²) in [5.41, 5.74) is 1.62. The highest BCUT2D eigenvalue weighted by Crippen LogP contribution is 2.31. The van der Waals surface area contributed by atoms with E-state index in [1.54, 1.807) is 12.1 Å². The third-order valence-corrected chi connectivity index (χ3v) is 3.80. The zero-order valence-electron chi connectivity index (χ0n) is 14.4. The van der Waals surface area contributed by atoms with Gasteiger partial charge in [0.15, 0.2) is 18.1 Å². The Kier molecular flexibility index (Phi) is 5.35. The lowest BCUT2D eigenvalue weighted by Crippen LogP contribution is -2.24. The molecule has 0 aliphatic heterocycles. The zero-order valence-corrected chi connectivity index (χ0v) is 14.4. The minimum atomic E-state index is -0.745. The summed E-state index contributed by atoms with van der Waals surface area (Å²) in [6.07, 6.45) is 0.991. The van der Waals surface area contributed by atoms with Crippen LogP contribution in [0.25, 0.3) is 10.8 Å². The van der Waals surface area contributed by atoms with E-state index in [0.29, 0.717) is 5.75 Å². The van der Waals surface area contributed by atoms with Gasteiger partial charge in [-0.05, 0) is 29.0 Å². The van der Waals surface area contributed by atoms with Crippen LogP contribution in [0.3, 0.4) is 0 Å². The Hall–Kier alpha value is -4.14. The van der Waals surface area contributed by atoms with Crippen molar-refractivity contribution in [1.82, 2.24) is 5.43 Å². The van der Waals surface area contributed by atoms with Crippen LogP contribution >= 0.6 is 0 Å². The number of phenolic OH excluding ortho intramolecular Hbond substituents is 2. The smallest absolute Gasteiger partial charge is 0.282 e. The van der Waals surface area contributed by atoms with Crippen molar-refractivity contribution in [2.45, 2.75) is 0 Å². The van der Waals surface area contributed by atoms with Crippen molar-refractivity contribution >= 4 is 28.6 Å². The predicted molar refractivity (Wildman–Crippen MR) is 102 cm³/mol. The Labute approximate surface area is 158 Å². The van der Waals surface area contributed by atoms with Crippen LogP contribution in [0.2, 0.25) is 0 Å². The summed E-state index contributed by atoms with van der Waals surface area (Å²) >= 11 is 0. The van der Waals surface area contributed by atoms with Crippen LogP contribution in [-0.4, -0.2) is 33.9 Å². The molecule has 9 heteroatoms. The lowest BCUT2D eigenvalue weighted by atomic mass is 10.1. The molecule has 0 saturated carbocycles. The summed E-state index contributed by atoms with van der Waals surface area (Å²) in [7, 11) is 0. The van der Waals surface area contributed by atoms with Gasteiger partial charge in [0.2, 0.25) is 0 Å². The highest BCUT2D eigenvalue weighted by molar-refractivity contribution is 5.88. The second-order valence-corrected chi connectivity index (χ2v) is 5.75. The third-order valence-electron chi connectivity index (χ3n) is 3.80. The van der Waals surface area contributed by atoms with Gasteiger partial charge >= 0.3 is 0 Å². The summed E-state index contributed by atoms with van der Waals surface area (Å²) in [5.74, 6) is -1.23. The number of ether oxygens (including phenoxy) is 1. The number of fused-ring (bicyclic) bond motifs is 1. The van der Waals surface area contributed by atoms with Crippen LogP contribution < -0.4 is 10.2 Å². The fourth-order valence-corrected chi connectivity index (χ4v) is 2.46. The number of benzene rings is 3. The van der Waals surface area contributed by atoms with E-state index in [4.69, 9.17) is 4.74 Å². The number of hydrazone groups is 1. The molecule has 1 amide bonds. The molecular formula is C19H15N3O6. The van der Waals surface area contributed by atoms with Gasteiger partial charge in [-0.2, -0.15) is 5.10 Å². The standard InChI is InChI=1S/C19H15N3O6/c23-17-8-14(16(22(26)27)9-18(17)24)10-20-21-19(25)11-28-15-6-5-12-3-1-2-4-13(12)7-15/h1-10,23-24H,11H2,(H,21,25)/b20-10+. The minimum absolute atomic E-state index is 0.0870. The molecule has 28 heavy (non-hydrogen) atoms. The Morgan fingerprint density at radius 2 is 1.82 bits per heavy atom. The van der Waals surface area contributed by atoms with E-state index in [1.165, 1.54) is 0 Å². The fraction of sp³-hybridized carbons (Fsp3) is 0.0526. The molecule has 0 bridgehead atoms. The number of nitro groups is 1. The Morgan fingerprint density at radius 3 is 2.57 bits per heavy atom. The Balaban J connectivity index is 1.61. The molecule has 0 heterocycles. The molecule has 0 aromatic heterocycles. The van der Waals surface area contributed by atoms with Gasteiger partial charge in [-0.3, -0.25) is 14.9 Å². The lowest BCUT2D eigenvalue weighted by molar-refractivity contribution is -0.385. The molecule has 0 radical (unpaired) electrons. The van der Waals surface area contributed by atoms with Crippen molar-refractivity contribution in [2.24, 2.45) is 5.10 Å². The molecule has 3 rings (SSSR count). The minimum Gasteiger partial charge on any atom is -0.504 e. The normalized spacial score (nSPS) is 10.9. The largest absolute Gasteiger partial charge is 0.504 e. The zero-order chi connectivity index (χ0) is 20.1. The van der Waals surface area contributed by atoms with Crippen molar-refractivity contribution in [3.8, 4) is 17.2 Å². The van der Waals surface area contributed by atoms with Crippen molar-refractivity contribution < 1.29 is 24.7 Å². The van der Waals surface area contributed by atoms with E-state index in [0.717, 1.165) is 29.1 Å². The number of carbonyl (C=O) groups is 1. The molecule has 3 aromatic rings. The summed E-state index contributed by atoms with van der Waals surface area (Å²) < 4.78 is 5.41. The van der Waals surface area contributed by atoms with Crippen LogP contribution in [0.15, 0.2) is 59.7 Å². The predicted octanol–water partition coefficient (Wildman–Crippen LogP) is 2.69. The van der Waals surface area contributed by atoms with E-state index >= 15 is 0 Å². The number of rotatable bonds is 6. The van der Waals surface area contributed by atoms with Crippen molar-refractivity contribution in [3.05, 3.63) is 70.3 Å². The van der Waals surface area contributed by atoms with Gasteiger partial charge in [0.05, 0.1) is 22.8 Å². The maximum absolute atomic E-state index is 11.8. The first-order chi connectivity index (χ1) is 13.4. The topological polar surface area (TPSA) is 134 Å². The molecule has 0 spiro atoms. The number of hydrogen-bond donors (Lipinski definition) is 3. The number of nitro benzene ring substituents is 1. The monoisotopic (exact) mass is 381 g/mol. The summed E-state index contributed by atoms with van der Waals surface area (Å²) in [6, 6.07) is 14.9. The van der Waals surface area contributed by atoms with Gasteiger partial charge in [-0.25, -0.2) is 5.43 Å². The number of amides is 1. The fourth-order valence-electron chi connectivity index (χ4n) is 2.46. The first-order valence-electron chi connectivity index (χ1n) is 8.08. The van der Waals surface area contributed by atoms with Crippen LogP contribution in [0.5, 0.6) is 17.2 Å². The number of phenols is 2. The van der Waals surface area contributed by atoms with E-state index in [2.05, 4.69) is 10.5 Å². The van der Waals surface area contributed by atoms with Gasteiger partial charge in [-0.15, -0.1) is 0 Å². The molecule has 0 unspecified atom stereocenters. The van der Waals surface area contributed by atoms with E-state index < -0.39 is 28.0 Å². The third kappa shape index (κ3) is 4.33. The highest BCUT2D eigenvalue weighted by atomic mass is 16.6. The average Bonchev–Trinajstić information content (AvgIpc) is 2.68. The van der Waals surface area contributed by atoms with E-state index in [1.807, 2.05) is 30.3 Å². The van der Waals surface area contributed by atoms with Crippen molar-refractivity contribution in [1.29, 1.82) is 0 Å². The molecular weight excluding hydrogens is 366 g/mol. The Bertz CT molecular complexity index is 1080. The number of nitrogens with one attached hydrogen (secondary N) is 1. The van der Waals surface area contributed by atoms with E-state index in [9.17, 15) is 25.1 Å². The molecule has 0 saturated heterocycles. The summed E-state index contributed by atoms with van der Waals surface area (Å²) in [6.45, 7) is -0.307. The molecule has 0 aliphatic carbocycles. The van der Waals surface area contributed by atoms with Crippen LogP contribution in [-0.2, 0) is 4.79 Å². The molecule has 0 atom stereocenters. The van der Waals surface area contributed by atoms with Gasteiger partial charge in [0.1, 0.15) is 5.75 Å². The van der Waals surface area contributed by atoms with Crippen molar-refractivity contribution in [2.75, 3.05) is 6.61 Å². The molecule has 9 nitrogen and oxygen atoms in total. The first-order valence-corrected chi connectivity index (χ1v) is 8.08. The number of carbonyl (C=O) groups excluding carboxylic acids is 1.